The molecule has 5 rings (SSSR count). The van der Waals surface area contributed by atoms with Gasteiger partial charge in [-0.3, -0.25) is 19.6 Å². The van der Waals surface area contributed by atoms with Gasteiger partial charge in [0.15, 0.2) is 11.5 Å². The van der Waals surface area contributed by atoms with Crippen LogP contribution in [0.1, 0.15) is 10.5 Å². The van der Waals surface area contributed by atoms with Gasteiger partial charge in [0, 0.05) is 67.1 Å². The van der Waals surface area contributed by atoms with Gasteiger partial charge in [-0.1, -0.05) is 5.16 Å². The molecule has 9 nitrogen and oxygen atoms in total. The molecule has 0 aromatic carbocycles. The summed E-state index contributed by atoms with van der Waals surface area (Å²) in [4.78, 5) is 34.7. The highest BCUT2D eigenvalue weighted by atomic mass is 16.5. The second-order valence-corrected chi connectivity index (χ2v) is 7.37. The molecule has 1 amide bonds. The highest BCUT2D eigenvalue weighted by Gasteiger charge is 2.33. The third-order valence-corrected chi connectivity index (χ3v) is 5.17. The maximum absolute atomic E-state index is 12.7. The van der Waals surface area contributed by atoms with Gasteiger partial charge in [0.1, 0.15) is 0 Å². The molecule has 4 aromatic heterocycles. The van der Waals surface area contributed by atoms with Crippen molar-refractivity contribution in [2.45, 2.75) is 6.54 Å². The molecule has 5 heterocycles. The number of nitrogens with zero attached hydrogens (tertiary/aromatic N) is 6. The molecule has 1 saturated heterocycles. The third-order valence-electron chi connectivity index (χ3n) is 5.17. The summed E-state index contributed by atoms with van der Waals surface area (Å²) in [6, 6.07) is 12.2. The average molecular weight is 414 g/mol. The first-order valence-electron chi connectivity index (χ1n) is 9.82. The minimum absolute atomic E-state index is 0.142. The fourth-order valence-electron chi connectivity index (χ4n) is 3.53. The van der Waals surface area contributed by atoms with Crippen LogP contribution in [0, 0.1) is 5.92 Å². The van der Waals surface area contributed by atoms with Gasteiger partial charge in [-0.25, -0.2) is 4.68 Å². The van der Waals surface area contributed by atoms with Crippen molar-refractivity contribution in [2.75, 3.05) is 13.1 Å². The van der Waals surface area contributed by atoms with E-state index in [-0.39, 0.29) is 23.1 Å². The summed E-state index contributed by atoms with van der Waals surface area (Å²) in [5, 5.41) is 8.35. The molecule has 0 aliphatic carbocycles. The number of carbonyl (C=O) groups is 1. The molecule has 0 spiro atoms. The SMILES string of the molecule is O=C(c1cc(-c2cccnc2)on1)N1CC(Cn2nc(-c3cccnc3)ccc2=O)C1. The number of carbonyl (C=O) groups excluding carboxylic acids is 1. The van der Waals surface area contributed by atoms with Crippen molar-refractivity contribution in [1.82, 2.24) is 29.8 Å². The van der Waals surface area contributed by atoms with Gasteiger partial charge in [-0.2, -0.15) is 5.10 Å². The van der Waals surface area contributed by atoms with Crippen LogP contribution in [0.15, 0.2) is 76.6 Å². The van der Waals surface area contributed by atoms with Crippen LogP contribution >= 0.6 is 0 Å². The van der Waals surface area contributed by atoms with Gasteiger partial charge < -0.3 is 9.42 Å². The predicted molar refractivity (Wildman–Crippen MR) is 111 cm³/mol. The highest BCUT2D eigenvalue weighted by molar-refractivity contribution is 5.93. The van der Waals surface area contributed by atoms with E-state index in [1.807, 2.05) is 18.2 Å². The fourth-order valence-corrected chi connectivity index (χ4v) is 3.53. The number of likely N-dealkylation sites (tertiary alicyclic amines) is 1. The van der Waals surface area contributed by atoms with Gasteiger partial charge >= 0.3 is 0 Å². The summed E-state index contributed by atoms with van der Waals surface area (Å²) in [5.74, 6) is 0.444. The number of hydrogen-bond donors (Lipinski definition) is 0. The zero-order valence-electron chi connectivity index (χ0n) is 16.5. The zero-order chi connectivity index (χ0) is 21.2. The van der Waals surface area contributed by atoms with E-state index >= 15 is 0 Å². The maximum Gasteiger partial charge on any atom is 0.276 e. The Morgan fingerprint density at radius 2 is 1.77 bits per heavy atom. The molecule has 1 aliphatic rings. The first-order chi connectivity index (χ1) is 15.2. The number of aromatic nitrogens is 5. The summed E-state index contributed by atoms with van der Waals surface area (Å²) < 4.78 is 6.74. The Morgan fingerprint density at radius 1 is 1.03 bits per heavy atom. The Hall–Kier alpha value is -4.14. The Kier molecular flexibility index (Phi) is 4.83. The fraction of sp³-hybridized carbons (Fsp3) is 0.182. The van der Waals surface area contributed by atoms with Crippen LogP contribution in [-0.2, 0) is 6.54 Å². The van der Waals surface area contributed by atoms with E-state index < -0.39 is 0 Å². The minimum Gasteiger partial charge on any atom is -0.355 e. The van der Waals surface area contributed by atoms with Crippen molar-refractivity contribution >= 4 is 5.91 Å². The molecule has 0 unspecified atom stereocenters. The summed E-state index contributed by atoms with van der Waals surface area (Å²) >= 11 is 0. The largest absolute Gasteiger partial charge is 0.355 e. The molecule has 1 aliphatic heterocycles. The second-order valence-electron chi connectivity index (χ2n) is 7.37. The van der Waals surface area contributed by atoms with Crippen LogP contribution in [0.3, 0.4) is 0 Å². The number of amides is 1. The van der Waals surface area contributed by atoms with Gasteiger partial charge in [-0.15, -0.1) is 0 Å². The zero-order valence-corrected chi connectivity index (χ0v) is 16.5. The van der Waals surface area contributed by atoms with E-state index in [1.165, 1.54) is 10.7 Å². The topological polar surface area (TPSA) is 107 Å². The smallest absolute Gasteiger partial charge is 0.276 e. The van der Waals surface area contributed by atoms with Gasteiger partial charge in [-0.05, 0) is 30.3 Å². The normalized spacial score (nSPS) is 13.7. The molecule has 0 atom stereocenters. The van der Waals surface area contributed by atoms with Crippen LogP contribution in [0.25, 0.3) is 22.6 Å². The molecular formula is C22H18N6O3. The standard InChI is InChI=1S/C22H18N6O3/c29-21-6-5-18(16-3-1-7-23-10-16)25-28(21)14-15-12-27(13-15)22(30)19-9-20(31-26-19)17-4-2-8-24-11-17/h1-11,15H,12-14H2. The average Bonchev–Trinajstić information content (AvgIpc) is 3.28. The minimum atomic E-state index is -0.195. The summed E-state index contributed by atoms with van der Waals surface area (Å²) in [6.07, 6.45) is 6.71. The Labute approximate surface area is 177 Å². The van der Waals surface area contributed by atoms with E-state index in [1.54, 1.807) is 47.9 Å². The monoisotopic (exact) mass is 414 g/mol. The third kappa shape index (κ3) is 3.85. The molecule has 9 heteroatoms. The predicted octanol–water partition coefficient (Wildman–Crippen LogP) is 2.13. The second kappa shape index (κ2) is 7.94. The number of pyridine rings is 2. The molecule has 4 aromatic rings. The van der Waals surface area contributed by atoms with Crippen LogP contribution in [-0.4, -0.2) is 48.8 Å². The quantitative estimate of drug-likeness (QED) is 0.492. The highest BCUT2D eigenvalue weighted by Crippen LogP contribution is 2.23. The lowest BCUT2D eigenvalue weighted by Gasteiger charge is -2.38. The lowest BCUT2D eigenvalue weighted by atomic mass is 9.99. The molecule has 0 radical (unpaired) electrons. The summed E-state index contributed by atoms with van der Waals surface area (Å²) in [5.41, 5.74) is 2.37. The van der Waals surface area contributed by atoms with Crippen molar-refractivity contribution in [1.29, 1.82) is 0 Å². The van der Waals surface area contributed by atoms with Gasteiger partial charge in [0.2, 0.25) is 0 Å². The van der Waals surface area contributed by atoms with E-state index in [0.29, 0.717) is 31.1 Å². The van der Waals surface area contributed by atoms with Crippen molar-refractivity contribution < 1.29 is 9.32 Å². The Bertz CT molecular complexity index is 1260. The van der Waals surface area contributed by atoms with Crippen molar-refractivity contribution in [3.8, 4) is 22.6 Å². The van der Waals surface area contributed by atoms with E-state index in [4.69, 9.17) is 4.52 Å². The molecule has 31 heavy (non-hydrogen) atoms. The van der Waals surface area contributed by atoms with Crippen LogP contribution < -0.4 is 5.56 Å². The lowest BCUT2D eigenvalue weighted by Crippen LogP contribution is -2.52. The van der Waals surface area contributed by atoms with Crippen molar-refractivity contribution in [3.63, 3.8) is 0 Å². The van der Waals surface area contributed by atoms with Crippen LogP contribution in [0.2, 0.25) is 0 Å². The summed E-state index contributed by atoms with van der Waals surface area (Å²) in [7, 11) is 0. The van der Waals surface area contributed by atoms with Crippen LogP contribution in [0.5, 0.6) is 0 Å². The molecule has 0 N–H and O–H groups in total. The van der Waals surface area contributed by atoms with Crippen LogP contribution in [0.4, 0.5) is 0 Å². The summed E-state index contributed by atoms with van der Waals surface area (Å²) in [6.45, 7) is 1.49. The Morgan fingerprint density at radius 3 is 2.48 bits per heavy atom. The first-order valence-corrected chi connectivity index (χ1v) is 9.82. The lowest BCUT2D eigenvalue weighted by molar-refractivity contribution is 0.0448. The van der Waals surface area contributed by atoms with E-state index in [9.17, 15) is 9.59 Å². The molecule has 154 valence electrons. The van der Waals surface area contributed by atoms with Crippen molar-refractivity contribution in [2.24, 2.45) is 5.92 Å². The molecule has 0 bridgehead atoms. The molecular weight excluding hydrogens is 396 g/mol. The number of hydrogen-bond acceptors (Lipinski definition) is 7. The maximum atomic E-state index is 12.7. The number of rotatable bonds is 5. The van der Waals surface area contributed by atoms with Gasteiger partial charge in [0.25, 0.3) is 11.5 Å². The molecule has 0 saturated carbocycles. The van der Waals surface area contributed by atoms with E-state index in [0.717, 1.165) is 11.1 Å². The Balaban J connectivity index is 1.23. The van der Waals surface area contributed by atoms with Crippen molar-refractivity contribution in [3.05, 3.63) is 83.3 Å². The van der Waals surface area contributed by atoms with E-state index in [2.05, 4.69) is 20.2 Å². The first kappa shape index (κ1) is 18.9. The van der Waals surface area contributed by atoms with Gasteiger partial charge in [0.05, 0.1) is 12.2 Å². The molecule has 1 fully saturated rings.